The van der Waals surface area contributed by atoms with E-state index < -0.39 is 0 Å². The summed E-state index contributed by atoms with van der Waals surface area (Å²) < 4.78 is 0. The minimum Gasteiger partial charge on any atom is -0.354 e. The molecule has 4 rings (SSSR count). The number of aromatic amines is 1. The number of fused-ring (bicyclic) bond motifs is 4. The first-order valence-corrected chi connectivity index (χ1v) is 10.3. The molecule has 0 aliphatic carbocycles. The second kappa shape index (κ2) is 10.2. The molecular weight excluding hydrogens is 413 g/mol. The second-order valence-corrected chi connectivity index (χ2v) is 8.48. The predicted octanol–water partition coefficient (Wildman–Crippen LogP) is 1.35. The van der Waals surface area contributed by atoms with Gasteiger partial charge in [0.25, 0.3) is 5.56 Å². The smallest absolute Gasteiger partial charge is 0.254 e. The van der Waals surface area contributed by atoms with E-state index in [1.807, 2.05) is 0 Å². The normalized spacial score (nSPS) is 28.5. The number of hydrogen-bond donors (Lipinski definition) is 3. The number of aryl methyl sites for hydroxylation is 2. The van der Waals surface area contributed by atoms with Gasteiger partial charge >= 0.3 is 0 Å². The Kier molecular flexibility index (Phi) is 8.52. The quantitative estimate of drug-likeness (QED) is 0.650. The van der Waals surface area contributed by atoms with Crippen LogP contribution in [0.5, 0.6) is 0 Å². The van der Waals surface area contributed by atoms with Crippen molar-refractivity contribution in [3.8, 4) is 0 Å². The molecule has 0 unspecified atom stereocenters. The molecule has 1 aromatic rings. The summed E-state index contributed by atoms with van der Waals surface area (Å²) in [5.74, 6) is 1.86. The lowest BCUT2D eigenvalue weighted by Crippen LogP contribution is -2.65. The first-order chi connectivity index (χ1) is 13.0. The Labute approximate surface area is 184 Å². The van der Waals surface area contributed by atoms with E-state index in [0.717, 1.165) is 25.6 Å². The molecule has 4 heterocycles. The Bertz CT molecular complexity index is 772. The molecule has 29 heavy (non-hydrogen) atoms. The molecule has 4 atom stereocenters. The fourth-order valence-corrected chi connectivity index (χ4v) is 5.45. The first-order valence-electron chi connectivity index (χ1n) is 10.3. The number of amides is 1. The van der Waals surface area contributed by atoms with Crippen LogP contribution in [0.2, 0.25) is 0 Å². The lowest BCUT2D eigenvalue weighted by Gasteiger charge is -2.55. The van der Waals surface area contributed by atoms with Gasteiger partial charge in [-0.25, -0.2) is 4.98 Å². The standard InChI is InChI=1S/C20H31N5O2.2ClH/c1-12-16(20(27)24-13(2)23-12)8-19(26)22-11-18-15-7-14(9-21-10-15)17-5-3-4-6-25(17)18;;/h14-15,17-18,21H,3-11H2,1-2H3,(H,22,26)(H,23,24,27);2*1H/t14-,15+,17+,18+;;/m1../s1. The van der Waals surface area contributed by atoms with Crippen LogP contribution in [0, 0.1) is 25.7 Å². The van der Waals surface area contributed by atoms with Crippen molar-refractivity contribution in [2.75, 3.05) is 26.2 Å². The van der Waals surface area contributed by atoms with E-state index in [4.69, 9.17) is 0 Å². The topological polar surface area (TPSA) is 90.1 Å². The fraction of sp³-hybridized carbons (Fsp3) is 0.750. The minimum atomic E-state index is -0.205. The van der Waals surface area contributed by atoms with Gasteiger partial charge in [0.05, 0.1) is 6.42 Å². The zero-order chi connectivity index (χ0) is 19.0. The summed E-state index contributed by atoms with van der Waals surface area (Å²) in [5.41, 5.74) is 0.903. The molecule has 1 amide bonds. The van der Waals surface area contributed by atoms with Crippen LogP contribution in [0.1, 0.15) is 42.8 Å². The highest BCUT2D eigenvalue weighted by Gasteiger charge is 2.45. The molecule has 0 aromatic carbocycles. The Morgan fingerprint density at radius 2 is 1.97 bits per heavy atom. The van der Waals surface area contributed by atoms with Crippen molar-refractivity contribution in [3.63, 3.8) is 0 Å². The highest BCUT2D eigenvalue weighted by molar-refractivity contribution is 5.85. The summed E-state index contributed by atoms with van der Waals surface area (Å²) in [6.45, 7) is 7.55. The summed E-state index contributed by atoms with van der Waals surface area (Å²) in [4.78, 5) is 34.3. The average Bonchev–Trinajstić information content (AvgIpc) is 2.65. The van der Waals surface area contributed by atoms with Gasteiger partial charge in [-0.3, -0.25) is 14.5 Å². The third-order valence-electron chi connectivity index (χ3n) is 6.71. The summed E-state index contributed by atoms with van der Waals surface area (Å²) >= 11 is 0. The number of carbonyl (C=O) groups excluding carboxylic acids is 1. The van der Waals surface area contributed by atoms with Crippen molar-refractivity contribution >= 4 is 30.7 Å². The van der Waals surface area contributed by atoms with Crippen LogP contribution in [0.25, 0.3) is 0 Å². The second-order valence-electron chi connectivity index (χ2n) is 8.48. The molecule has 9 heteroatoms. The molecule has 3 aliphatic rings. The van der Waals surface area contributed by atoms with Crippen molar-refractivity contribution in [1.29, 1.82) is 0 Å². The van der Waals surface area contributed by atoms with E-state index in [1.54, 1.807) is 13.8 Å². The highest BCUT2D eigenvalue weighted by atomic mass is 35.5. The molecule has 3 saturated heterocycles. The third-order valence-corrected chi connectivity index (χ3v) is 6.71. The zero-order valence-electron chi connectivity index (χ0n) is 17.2. The third kappa shape index (κ3) is 5.13. The molecule has 3 N–H and O–H groups in total. The van der Waals surface area contributed by atoms with Crippen LogP contribution in [-0.4, -0.2) is 59.0 Å². The maximum absolute atomic E-state index is 12.6. The molecule has 3 fully saturated rings. The van der Waals surface area contributed by atoms with Crippen LogP contribution >= 0.6 is 24.8 Å². The number of carbonyl (C=O) groups is 1. The van der Waals surface area contributed by atoms with Crippen LogP contribution in [-0.2, 0) is 11.2 Å². The summed E-state index contributed by atoms with van der Waals surface area (Å²) in [6.07, 6.45) is 5.24. The highest BCUT2D eigenvalue weighted by Crippen LogP contribution is 2.38. The van der Waals surface area contributed by atoms with Crippen molar-refractivity contribution < 1.29 is 4.79 Å². The molecular formula is C20H33Cl2N5O2. The first kappa shape index (κ1) is 24.1. The monoisotopic (exact) mass is 445 g/mol. The minimum absolute atomic E-state index is 0. The maximum atomic E-state index is 12.6. The van der Waals surface area contributed by atoms with Gasteiger partial charge in [0.2, 0.25) is 5.91 Å². The summed E-state index contributed by atoms with van der Waals surface area (Å²) in [5, 5.41) is 6.72. The molecule has 1 aromatic heterocycles. The predicted molar refractivity (Wildman–Crippen MR) is 118 cm³/mol. The van der Waals surface area contributed by atoms with Crippen LogP contribution in [0.15, 0.2) is 4.79 Å². The van der Waals surface area contributed by atoms with Crippen molar-refractivity contribution in [1.82, 2.24) is 25.5 Å². The molecule has 0 spiro atoms. The average molecular weight is 446 g/mol. The number of aromatic nitrogens is 2. The number of rotatable bonds is 4. The molecule has 0 radical (unpaired) electrons. The van der Waals surface area contributed by atoms with Crippen LogP contribution in [0.4, 0.5) is 0 Å². The Hall–Kier alpha value is -1.15. The van der Waals surface area contributed by atoms with E-state index in [1.165, 1.54) is 25.7 Å². The van der Waals surface area contributed by atoms with Gasteiger partial charge in [-0.15, -0.1) is 24.8 Å². The van der Waals surface area contributed by atoms with E-state index in [-0.39, 0.29) is 42.7 Å². The fourth-order valence-electron chi connectivity index (χ4n) is 5.45. The Morgan fingerprint density at radius 3 is 2.72 bits per heavy atom. The van der Waals surface area contributed by atoms with Crippen molar-refractivity contribution in [3.05, 3.63) is 27.4 Å². The SMILES string of the molecule is Cc1nc(C)c(CC(=O)NC[C@H]2[C@@H]3CNC[C@@H](C3)[C@@H]3CCCCN32)c(=O)[nH]1.Cl.Cl. The van der Waals surface area contributed by atoms with Crippen molar-refractivity contribution in [2.45, 2.75) is 58.0 Å². The van der Waals surface area contributed by atoms with E-state index >= 15 is 0 Å². The number of hydrogen-bond acceptors (Lipinski definition) is 5. The van der Waals surface area contributed by atoms with Gasteiger partial charge in [0.1, 0.15) is 5.82 Å². The largest absolute Gasteiger partial charge is 0.354 e. The number of nitrogens with zero attached hydrogens (tertiary/aromatic N) is 2. The van der Waals surface area contributed by atoms with Gasteiger partial charge < -0.3 is 15.6 Å². The maximum Gasteiger partial charge on any atom is 0.254 e. The van der Waals surface area contributed by atoms with Gasteiger partial charge in [-0.1, -0.05) is 6.42 Å². The summed E-state index contributed by atoms with van der Waals surface area (Å²) in [7, 11) is 0. The van der Waals surface area contributed by atoms with Crippen LogP contribution in [0.3, 0.4) is 0 Å². The number of H-pyrrole nitrogens is 1. The molecule has 0 saturated carbocycles. The lowest BCUT2D eigenvalue weighted by molar-refractivity contribution is -0.121. The lowest BCUT2D eigenvalue weighted by atomic mass is 9.73. The van der Waals surface area contributed by atoms with E-state index in [9.17, 15) is 9.59 Å². The number of piperidine rings is 3. The van der Waals surface area contributed by atoms with Gasteiger partial charge in [-0.2, -0.15) is 0 Å². The number of nitrogens with one attached hydrogen (secondary N) is 3. The van der Waals surface area contributed by atoms with Gasteiger partial charge in [0.15, 0.2) is 0 Å². The molecule has 7 nitrogen and oxygen atoms in total. The molecule has 3 aliphatic heterocycles. The van der Waals surface area contributed by atoms with Crippen molar-refractivity contribution in [2.24, 2.45) is 11.8 Å². The van der Waals surface area contributed by atoms with Gasteiger partial charge in [0, 0.05) is 29.9 Å². The van der Waals surface area contributed by atoms with E-state index in [2.05, 4.69) is 25.5 Å². The Balaban J connectivity index is 0.00000150. The molecule has 2 bridgehead atoms. The van der Waals surface area contributed by atoms with E-state index in [0.29, 0.717) is 41.6 Å². The van der Waals surface area contributed by atoms with Crippen LogP contribution < -0.4 is 16.2 Å². The summed E-state index contributed by atoms with van der Waals surface area (Å²) in [6, 6.07) is 1.06. The zero-order valence-corrected chi connectivity index (χ0v) is 18.8. The molecule has 164 valence electrons. The number of halogens is 2. The Morgan fingerprint density at radius 1 is 1.21 bits per heavy atom. The van der Waals surface area contributed by atoms with Gasteiger partial charge in [-0.05, 0) is 64.6 Å².